The van der Waals surface area contributed by atoms with Crippen LogP contribution in [-0.2, 0) is 0 Å². The van der Waals surface area contributed by atoms with E-state index < -0.39 is 0 Å². The van der Waals surface area contributed by atoms with Crippen molar-refractivity contribution in [2.24, 2.45) is 0 Å². The van der Waals surface area contributed by atoms with E-state index in [9.17, 15) is 0 Å². The fourth-order valence-corrected chi connectivity index (χ4v) is 1.19. The molecule has 0 aliphatic carbocycles. The summed E-state index contributed by atoms with van der Waals surface area (Å²) in [5, 5.41) is 0. The van der Waals surface area contributed by atoms with Crippen molar-refractivity contribution < 1.29 is 4.74 Å². The lowest BCUT2D eigenvalue weighted by Crippen LogP contribution is -1.96. The van der Waals surface area contributed by atoms with Crippen molar-refractivity contribution in [2.75, 3.05) is 5.73 Å². The molecule has 0 unspecified atom stereocenters. The van der Waals surface area contributed by atoms with Crippen LogP contribution < -0.4 is 10.5 Å². The number of aryl methyl sites for hydroxylation is 1. The molecule has 0 aliphatic heterocycles. The van der Waals surface area contributed by atoms with Crippen molar-refractivity contribution in [3.8, 4) is 11.6 Å². The first-order valence-corrected chi connectivity index (χ1v) is 4.56. The molecule has 1 aromatic heterocycles. The van der Waals surface area contributed by atoms with Crippen molar-refractivity contribution >= 4 is 5.69 Å². The number of para-hydroxylation sites is 1. The molecule has 0 spiro atoms. The zero-order valence-electron chi connectivity index (χ0n) is 8.34. The van der Waals surface area contributed by atoms with E-state index in [1.165, 1.54) is 12.5 Å². The van der Waals surface area contributed by atoms with E-state index in [0.717, 1.165) is 11.3 Å². The third-order valence-corrected chi connectivity index (χ3v) is 2.00. The molecular formula is C11H11N3O. The van der Waals surface area contributed by atoms with E-state index in [4.69, 9.17) is 10.5 Å². The summed E-state index contributed by atoms with van der Waals surface area (Å²) in [5.74, 6) is 1.14. The molecule has 1 heterocycles. The highest BCUT2D eigenvalue weighted by molar-refractivity contribution is 5.47. The topological polar surface area (TPSA) is 61.0 Å². The fourth-order valence-electron chi connectivity index (χ4n) is 1.19. The third kappa shape index (κ3) is 2.04. The van der Waals surface area contributed by atoms with Crippen molar-refractivity contribution in [3.05, 3.63) is 42.4 Å². The minimum absolute atomic E-state index is 0.388. The Morgan fingerprint density at radius 1 is 1.27 bits per heavy atom. The maximum atomic E-state index is 5.67. The molecular weight excluding hydrogens is 190 g/mol. The Kier molecular flexibility index (Phi) is 2.49. The normalized spacial score (nSPS) is 9.93. The zero-order valence-corrected chi connectivity index (χ0v) is 8.34. The van der Waals surface area contributed by atoms with Gasteiger partial charge in [-0.15, -0.1) is 0 Å². The summed E-state index contributed by atoms with van der Waals surface area (Å²) >= 11 is 0. The predicted molar refractivity (Wildman–Crippen MR) is 57.7 cm³/mol. The first-order chi connectivity index (χ1) is 7.27. The van der Waals surface area contributed by atoms with Gasteiger partial charge >= 0.3 is 0 Å². The summed E-state index contributed by atoms with van der Waals surface area (Å²) < 4.78 is 5.56. The summed E-state index contributed by atoms with van der Waals surface area (Å²) in [7, 11) is 0. The second-order valence-electron chi connectivity index (χ2n) is 3.15. The molecule has 4 nitrogen and oxygen atoms in total. The molecule has 2 aromatic rings. The Bertz CT molecular complexity index is 427. The van der Waals surface area contributed by atoms with E-state index in [1.807, 2.05) is 31.2 Å². The molecule has 0 saturated carbocycles. The first-order valence-electron chi connectivity index (χ1n) is 4.56. The van der Waals surface area contributed by atoms with Crippen LogP contribution in [0.15, 0.2) is 36.8 Å². The second-order valence-corrected chi connectivity index (χ2v) is 3.15. The lowest BCUT2D eigenvalue weighted by molar-refractivity contribution is 0.461. The van der Waals surface area contributed by atoms with Gasteiger partial charge in [-0.25, -0.2) is 4.98 Å². The average Bonchev–Trinajstić information content (AvgIpc) is 2.24. The number of nitrogen functional groups attached to an aromatic ring is 1. The maximum absolute atomic E-state index is 5.67. The summed E-state index contributed by atoms with van der Waals surface area (Å²) in [6, 6.07) is 7.69. The van der Waals surface area contributed by atoms with Gasteiger partial charge in [0.1, 0.15) is 17.8 Å². The number of ether oxygens (including phenoxy) is 1. The van der Waals surface area contributed by atoms with Crippen molar-refractivity contribution in [1.29, 1.82) is 0 Å². The lowest BCUT2D eigenvalue weighted by atomic mass is 10.2. The molecule has 4 heteroatoms. The molecule has 0 atom stereocenters. The third-order valence-electron chi connectivity index (χ3n) is 2.00. The summed E-state index contributed by atoms with van der Waals surface area (Å²) in [4.78, 5) is 7.75. The number of benzene rings is 1. The molecule has 0 aliphatic rings. The summed E-state index contributed by atoms with van der Waals surface area (Å²) in [6.45, 7) is 1.96. The highest BCUT2D eigenvalue weighted by Gasteiger charge is 2.04. The van der Waals surface area contributed by atoms with Crippen LogP contribution in [0.3, 0.4) is 0 Å². The predicted octanol–water partition coefficient (Wildman–Crippen LogP) is 2.16. The number of rotatable bonds is 2. The lowest BCUT2D eigenvalue weighted by Gasteiger charge is -2.08. The van der Waals surface area contributed by atoms with Crippen LogP contribution in [0.1, 0.15) is 5.56 Å². The van der Waals surface area contributed by atoms with Crippen LogP contribution in [-0.4, -0.2) is 9.97 Å². The molecule has 0 radical (unpaired) electrons. The Hall–Kier alpha value is -2.10. The summed E-state index contributed by atoms with van der Waals surface area (Å²) in [5.41, 5.74) is 7.14. The molecule has 0 bridgehead atoms. The summed E-state index contributed by atoms with van der Waals surface area (Å²) in [6.07, 6.45) is 2.92. The van der Waals surface area contributed by atoms with Gasteiger partial charge in [-0.1, -0.05) is 18.2 Å². The second kappa shape index (κ2) is 3.96. The Morgan fingerprint density at radius 2 is 2.07 bits per heavy atom. The minimum atomic E-state index is 0.388. The van der Waals surface area contributed by atoms with Crippen LogP contribution in [0.5, 0.6) is 11.6 Å². The van der Waals surface area contributed by atoms with Crippen LogP contribution in [0.4, 0.5) is 5.69 Å². The van der Waals surface area contributed by atoms with Crippen molar-refractivity contribution in [2.45, 2.75) is 6.92 Å². The highest BCUT2D eigenvalue weighted by atomic mass is 16.5. The SMILES string of the molecule is Cc1ccccc1Oc1ncncc1N. The van der Waals surface area contributed by atoms with Crippen LogP contribution in [0.2, 0.25) is 0 Å². The van der Waals surface area contributed by atoms with Crippen LogP contribution in [0, 0.1) is 6.92 Å². The van der Waals surface area contributed by atoms with Gasteiger partial charge in [0.15, 0.2) is 0 Å². The Balaban J connectivity index is 2.30. The van der Waals surface area contributed by atoms with Crippen LogP contribution in [0.25, 0.3) is 0 Å². The van der Waals surface area contributed by atoms with E-state index in [1.54, 1.807) is 0 Å². The molecule has 0 saturated heterocycles. The zero-order chi connectivity index (χ0) is 10.7. The minimum Gasteiger partial charge on any atom is -0.437 e. The number of anilines is 1. The average molecular weight is 201 g/mol. The molecule has 15 heavy (non-hydrogen) atoms. The molecule has 2 N–H and O–H groups in total. The van der Waals surface area contributed by atoms with Gasteiger partial charge in [-0.05, 0) is 18.6 Å². The molecule has 0 amide bonds. The quantitative estimate of drug-likeness (QED) is 0.808. The highest BCUT2D eigenvalue weighted by Crippen LogP contribution is 2.25. The van der Waals surface area contributed by atoms with E-state index in [0.29, 0.717) is 11.6 Å². The molecule has 76 valence electrons. The van der Waals surface area contributed by atoms with Crippen LogP contribution >= 0.6 is 0 Å². The van der Waals surface area contributed by atoms with E-state index in [2.05, 4.69) is 9.97 Å². The number of nitrogens with two attached hydrogens (primary N) is 1. The van der Waals surface area contributed by atoms with Gasteiger partial charge in [0.2, 0.25) is 5.88 Å². The Morgan fingerprint density at radius 3 is 2.80 bits per heavy atom. The first kappa shape index (κ1) is 9.45. The smallest absolute Gasteiger partial charge is 0.245 e. The van der Waals surface area contributed by atoms with E-state index >= 15 is 0 Å². The molecule has 1 aromatic carbocycles. The van der Waals surface area contributed by atoms with Gasteiger partial charge in [-0.3, -0.25) is 0 Å². The monoisotopic (exact) mass is 201 g/mol. The van der Waals surface area contributed by atoms with Gasteiger partial charge in [-0.2, -0.15) is 4.98 Å². The van der Waals surface area contributed by atoms with Gasteiger partial charge in [0.25, 0.3) is 0 Å². The fraction of sp³-hybridized carbons (Fsp3) is 0.0909. The van der Waals surface area contributed by atoms with Crippen molar-refractivity contribution in [3.63, 3.8) is 0 Å². The van der Waals surface area contributed by atoms with Crippen molar-refractivity contribution in [1.82, 2.24) is 9.97 Å². The largest absolute Gasteiger partial charge is 0.437 e. The van der Waals surface area contributed by atoms with Gasteiger partial charge < -0.3 is 10.5 Å². The van der Waals surface area contributed by atoms with E-state index in [-0.39, 0.29) is 0 Å². The number of hydrogen-bond donors (Lipinski definition) is 1. The Labute approximate surface area is 87.7 Å². The number of hydrogen-bond acceptors (Lipinski definition) is 4. The number of nitrogens with zero attached hydrogens (tertiary/aromatic N) is 2. The molecule has 0 fully saturated rings. The molecule has 2 rings (SSSR count). The van der Waals surface area contributed by atoms with Gasteiger partial charge in [0.05, 0.1) is 6.20 Å². The standard InChI is InChI=1S/C11H11N3O/c1-8-4-2-3-5-10(8)15-11-9(12)6-13-7-14-11/h2-7H,12H2,1H3. The maximum Gasteiger partial charge on any atom is 0.245 e. The van der Waals surface area contributed by atoms with Gasteiger partial charge in [0, 0.05) is 0 Å². The number of aromatic nitrogens is 2.